The van der Waals surface area contributed by atoms with Crippen molar-refractivity contribution >= 4 is 16.0 Å². The minimum atomic E-state index is -3.82. The maximum atomic E-state index is 13.7. The Morgan fingerprint density at radius 1 is 1.10 bits per heavy atom. The summed E-state index contributed by atoms with van der Waals surface area (Å²) in [6, 6.07) is 8.58. The predicted octanol–water partition coefficient (Wildman–Crippen LogP) is 1.84. The van der Waals surface area contributed by atoms with Crippen LogP contribution in [0.25, 0.3) is 11.1 Å². The van der Waals surface area contributed by atoms with Gasteiger partial charge in [0.1, 0.15) is 5.82 Å². The molecule has 0 aliphatic carbocycles. The SMILES string of the molecule is NS(=O)(=O)c1ccc(-c2cc(C(=O)O)ccc2F)cc1. The van der Waals surface area contributed by atoms with E-state index >= 15 is 0 Å². The Bertz CT molecular complexity index is 769. The van der Waals surface area contributed by atoms with Crippen LogP contribution in [0.4, 0.5) is 4.39 Å². The van der Waals surface area contributed by atoms with Crippen LogP contribution in [0, 0.1) is 5.82 Å². The molecule has 0 radical (unpaired) electrons. The summed E-state index contributed by atoms with van der Waals surface area (Å²) in [5, 5.41) is 13.8. The second-order valence-electron chi connectivity index (χ2n) is 4.07. The van der Waals surface area contributed by atoms with E-state index in [9.17, 15) is 17.6 Å². The van der Waals surface area contributed by atoms with Crippen LogP contribution in [0.1, 0.15) is 10.4 Å². The predicted molar refractivity (Wildman–Crippen MR) is 70.2 cm³/mol. The smallest absolute Gasteiger partial charge is 0.335 e. The van der Waals surface area contributed by atoms with Crippen molar-refractivity contribution in [3.05, 3.63) is 53.8 Å². The highest BCUT2D eigenvalue weighted by Gasteiger charge is 2.12. The van der Waals surface area contributed by atoms with Crippen LogP contribution in [0.15, 0.2) is 47.4 Å². The summed E-state index contributed by atoms with van der Waals surface area (Å²) in [5.74, 6) is -1.77. The van der Waals surface area contributed by atoms with Crippen molar-refractivity contribution in [2.24, 2.45) is 5.14 Å². The van der Waals surface area contributed by atoms with E-state index in [1.165, 1.54) is 30.3 Å². The number of aromatic carboxylic acids is 1. The summed E-state index contributed by atoms with van der Waals surface area (Å²) < 4.78 is 36.0. The van der Waals surface area contributed by atoms with Crippen LogP contribution in [-0.4, -0.2) is 19.5 Å². The Morgan fingerprint density at radius 3 is 2.20 bits per heavy atom. The Hall–Kier alpha value is -2.25. The van der Waals surface area contributed by atoms with Crippen LogP contribution in [-0.2, 0) is 10.0 Å². The number of carbonyl (C=O) groups is 1. The summed E-state index contributed by atoms with van der Waals surface area (Å²) in [5.41, 5.74) is 0.376. The lowest BCUT2D eigenvalue weighted by molar-refractivity contribution is 0.0697. The topological polar surface area (TPSA) is 97.5 Å². The number of nitrogens with two attached hydrogens (primary N) is 1. The van der Waals surface area contributed by atoms with E-state index in [1.54, 1.807) is 0 Å². The Morgan fingerprint density at radius 2 is 1.70 bits per heavy atom. The van der Waals surface area contributed by atoms with Crippen molar-refractivity contribution in [1.29, 1.82) is 0 Å². The number of hydrogen-bond acceptors (Lipinski definition) is 3. The monoisotopic (exact) mass is 295 g/mol. The van der Waals surface area contributed by atoms with Gasteiger partial charge in [-0.15, -0.1) is 0 Å². The Labute approximate surface area is 114 Å². The first-order chi connectivity index (χ1) is 9.29. The minimum Gasteiger partial charge on any atom is -0.478 e. The highest BCUT2D eigenvalue weighted by atomic mass is 32.2. The fourth-order valence-corrected chi connectivity index (χ4v) is 2.22. The zero-order valence-electron chi connectivity index (χ0n) is 10.1. The number of primary sulfonamides is 1. The zero-order chi connectivity index (χ0) is 14.9. The third-order valence-corrected chi connectivity index (χ3v) is 3.64. The van der Waals surface area contributed by atoms with Gasteiger partial charge in [0.2, 0.25) is 10.0 Å². The van der Waals surface area contributed by atoms with Gasteiger partial charge in [-0.3, -0.25) is 0 Å². The molecule has 0 heterocycles. The Balaban J connectivity index is 2.51. The second-order valence-corrected chi connectivity index (χ2v) is 5.63. The largest absolute Gasteiger partial charge is 0.478 e. The summed E-state index contributed by atoms with van der Waals surface area (Å²) >= 11 is 0. The van der Waals surface area contributed by atoms with E-state index in [0.29, 0.717) is 5.56 Å². The standard InChI is InChI=1S/C13H10FNO4S/c14-12-6-3-9(13(16)17)7-11(12)8-1-4-10(5-2-8)20(15,18)19/h1-7H,(H,16,17)(H2,15,18,19). The molecule has 2 aromatic carbocycles. The lowest BCUT2D eigenvalue weighted by Gasteiger charge is -2.06. The molecule has 0 aliphatic rings. The van der Waals surface area contributed by atoms with Gasteiger partial charge in [0, 0.05) is 5.56 Å². The van der Waals surface area contributed by atoms with Crippen LogP contribution >= 0.6 is 0 Å². The Kier molecular flexibility index (Phi) is 3.56. The van der Waals surface area contributed by atoms with E-state index in [2.05, 4.69) is 0 Å². The van der Waals surface area contributed by atoms with Gasteiger partial charge in [-0.2, -0.15) is 0 Å². The molecule has 0 bridgehead atoms. The van der Waals surface area contributed by atoms with Crippen molar-refractivity contribution < 1.29 is 22.7 Å². The summed E-state index contributed by atoms with van der Waals surface area (Å²) in [6.07, 6.45) is 0. The molecule has 0 aliphatic heterocycles. The number of halogens is 1. The van der Waals surface area contributed by atoms with Crippen molar-refractivity contribution in [1.82, 2.24) is 0 Å². The molecule has 0 unspecified atom stereocenters. The second kappa shape index (κ2) is 5.03. The van der Waals surface area contributed by atoms with Crippen LogP contribution in [0.5, 0.6) is 0 Å². The average molecular weight is 295 g/mol. The van der Waals surface area contributed by atoms with Gasteiger partial charge < -0.3 is 5.11 Å². The van der Waals surface area contributed by atoms with Crippen molar-refractivity contribution in [2.75, 3.05) is 0 Å². The number of benzene rings is 2. The van der Waals surface area contributed by atoms with Crippen LogP contribution in [0.2, 0.25) is 0 Å². The normalized spacial score (nSPS) is 11.3. The molecule has 20 heavy (non-hydrogen) atoms. The third kappa shape index (κ3) is 2.84. The lowest BCUT2D eigenvalue weighted by atomic mass is 10.0. The molecule has 5 nitrogen and oxygen atoms in total. The number of rotatable bonds is 3. The molecule has 0 atom stereocenters. The molecular formula is C13H10FNO4S. The molecule has 2 rings (SSSR count). The number of sulfonamides is 1. The highest BCUT2D eigenvalue weighted by Crippen LogP contribution is 2.25. The maximum Gasteiger partial charge on any atom is 0.335 e. The quantitative estimate of drug-likeness (QED) is 0.902. The summed E-state index contributed by atoms with van der Waals surface area (Å²) in [6.45, 7) is 0. The first-order valence-electron chi connectivity index (χ1n) is 5.45. The molecule has 0 aromatic heterocycles. The summed E-state index contributed by atoms with van der Waals surface area (Å²) in [7, 11) is -3.82. The molecule has 0 saturated heterocycles. The van der Waals surface area contributed by atoms with E-state index in [0.717, 1.165) is 12.1 Å². The number of hydrogen-bond donors (Lipinski definition) is 2. The van der Waals surface area contributed by atoms with Gasteiger partial charge in [0.15, 0.2) is 0 Å². The molecule has 0 amide bonds. The summed E-state index contributed by atoms with van der Waals surface area (Å²) in [4.78, 5) is 10.8. The highest BCUT2D eigenvalue weighted by molar-refractivity contribution is 7.89. The van der Waals surface area contributed by atoms with Gasteiger partial charge in [-0.25, -0.2) is 22.7 Å². The van der Waals surface area contributed by atoms with E-state index < -0.39 is 21.8 Å². The van der Waals surface area contributed by atoms with Crippen molar-refractivity contribution in [3.63, 3.8) is 0 Å². The number of carboxylic acid groups (broad SMARTS) is 1. The van der Waals surface area contributed by atoms with Crippen molar-refractivity contribution in [2.45, 2.75) is 4.90 Å². The van der Waals surface area contributed by atoms with Crippen LogP contribution in [0.3, 0.4) is 0 Å². The van der Waals surface area contributed by atoms with Crippen LogP contribution < -0.4 is 5.14 Å². The molecule has 104 valence electrons. The molecule has 3 N–H and O–H groups in total. The van der Waals surface area contributed by atoms with Gasteiger partial charge >= 0.3 is 5.97 Å². The van der Waals surface area contributed by atoms with Gasteiger partial charge in [0.05, 0.1) is 10.5 Å². The van der Waals surface area contributed by atoms with Gasteiger partial charge in [-0.05, 0) is 35.9 Å². The first kappa shape index (κ1) is 14.2. The van der Waals surface area contributed by atoms with Gasteiger partial charge in [0.25, 0.3) is 0 Å². The third-order valence-electron chi connectivity index (χ3n) is 2.71. The molecule has 0 saturated carbocycles. The van der Waals surface area contributed by atoms with Crippen molar-refractivity contribution in [3.8, 4) is 11.1 Å². The molecule has 0 spiro atoms. The fraction of sp³-hybridized carbons (Fsp3) is 0. The van der Waals surface area contributed by atoms with E-state index in [-0.39, 0.29) is 16.0 Å². The van der Waals surface area contributed by atoms with E-state index in [1.807, 2.05) is 0 Å². The average Bonchev–Trinajstić information content (AvgIpc) is 2.38. The first-order valence-corrected chi connectivity index (χ1v) is 7.00. The maximum absolute atomic E-state index is 13.7. The zero-order valence-corrected chi connectivity index (χ0v) is 10.9. The minimum absolute atomic E-state index is 0.0584. The van der Waals surface area contributed by atoms with Gasteiger partial charge in [-0.1, -0.05) is 12.1 Å². The number of carboxylic acids is 1. The van der Waals surface area contributed by atoms with E-state index in [4.69, 9.17) is 10.2 Å². The molecule has 0 fully saturated rings. The molecule has 2 aromatic rings. The lowest BCUT2D eigenvalue weighted by Crippen LogP contribution is -2.11. The molecule has 7 heteroatoms. The fourth-order valence-electron chi connectivity index (χ4n) is 1.70. The molecular weight excluding hydrogens is 285 g/mol.